The highest BCUT2D eigenvalue weighted by Crippen LogP contribution is 2.50. The van der Waals surface area contributed by atoms with Crippen LogP contribution in [0.1, 0.15) is 39.5 Å². The summed E-state index contributed by atoms with van der Waals surface area (Å²) in [6, 6.07) is 0. The minimum absolute atomic E-state index is 0.0658. The van der Waals surface area contributed by atoms with Crippen LogP contribution < -0.4 is 0 Å². The van der Waals surface area contributed by atoms with Crippen LogP contribution in [0.4, 0.5) is 0 Å². The van der Waals surface area contributed by atoms with Crippen LogP contribution in [0.5, 0.6) is 0 Å². The number of hydrogen-bond acceptors (Lipinski definition) is 4. The Morgan fingerprint density at radius 2 is 2.35 bits per heavy atom. The first-order chi connectivity index (χ1) is 11.1. The van der Waals surface area contributed by atoms with Gasteiger partial charge in [0.05, 0.1) is 17.8 Å². The largest absolute Gasteiger partial charge is 0.459 e. The normalized spacial score (nSPS) is 39.9. The summed E-state index contributed by atoms with van der Waals surface area (Å²) in [5, 5.41) is 0. The molecule has 1 aromatic heterocycles. The van der Waals surface area contributed by atoms with E-state index in [-0.39, 0.29) is 35.6 Å². The zero-order chi connectivity index (χ0) is 16.0. The minimum Gasteiger partial charge on any atom is -0.459 e. The monoisotopic (exact) mass is 316 g/mol. The van der Waals surface area contributed by atoms with Gasteiger partial charge in [0.25, 0.3) is 0 Å². The predicted molar refractivity (Wildman–Crippen MR) is 84.6 cm³/mol. The number of aromatic nitrogens is 2. The number of imidazole rings is 1. The maximum atomic E-state index is 12.5. The molecular weight excluding hydrogens is 292 g/mol. The lowest BCUT2D eigenvalue weighted by molar-refractivity contribution is -0.145. The van der Waals surface area contributed by atoms with Gasteiger partial charge in [0.1, 0.15) is 12.2 Å². The third-order valence-corrected chi connectivity index (χ3v) is 5.71. The first-order valence-electron chi connectivity index (χ1n) is 8.56. The maximum Gasteiger partial charge on any atom is 0.311 e. The van der Waals surface area contributed by atoms with E-state index < -0.39 is 0 Å². The summed E-state index contributed by atoms with van der Waals surface area (Å²) in [6.45, 7) is 4.98. The molecule has 0 unspecified atom stereocenters. The molecule has 0 saturated carbocycles. The summed E-state index contributed by atoms with van der Waals surface area (Å²) in [5.41, 5.74) is 1.29. The minimum atomic E-state index is -0.124. The van der Waals surface area contributed by atoms with Gasteiger partial charge in [-0.3, -0.25) is 4.79 Å². The van der Waals surface area contributed by atoms with Crippen LogP contribution in [-0.2, 0) is 20.8 Å². The second-order valence-electron chi connectivity index (χ2n) is 7.41. The predicted octanol–water partition coefficient (Wildman–Crippen LogP) is 2.72. The number of esters is 1. The fourth-order valence-corrected chi connectivity index (χ4v) is 4.17. The molecule has 0 aromatic carbocycles. The lowest BCUT2D eigenvalue weighted by Gasteiger charge is -2.22. The molecule has 23 heavy (non-hydrogen) atoms. The molecule has 2 fully saturated rings. The van der Waals surface area contributed by atoms with Gasteiger partial charge in [-0.15, -0.1) is 0 Å². The third-order valence-electron chi connectivity index (χ3n) is 5.71. The first-order valence-corrected chi connectivity index (χ1v) is 8.56. The molecule has 0 amide bonds. The van der Waals surface area contributed by atoms with Crippen molar-refractivity contribution < 1.29 is 14.3 Å². The molecule has 1 aliphatic carbocycles. The molecule has 1 aromatic rings. The van der Waals surface area contributed by atoms with Gasteiger partial charge in [0.2, 0.25) is 0 Å². The zero-order valence-electron chi connectivity index (χ0n) is 13.8. The topological polar surface area (TPSA) is 56.6 Å². The summed E-state index contributed by atoms with van der Waals surface area (Å²) in [4.78, 5) is 16.6. The summed E-state index contributed by atoms with van der Waals surface area (Å²) < 4.78 is 13.8. The van der Waals surface area contributed by atoms with Gasteiger partial charge in [-0.2, -0.15) is 0 Å². The molecular formula is C18H24N2O3. The molecule has 5 atom stereocenters. The van der Waals surface area contributed by atoms with E-state index in [1.165, 1.54) is 5.57 Å². The van der Waals surface area contributed by atoms with E-state index in [0.717, 1.165) is 25.7 Å². The van der Waals surface area contributed by atoms with E-state index in [1.807, 2.05) is 10.8 Å². The standard InChI is InChI=1S/C18H24N2O3/c1-12-4-3-7-18(2)16(23-18)15-13(6-5-12)14(17(21)22-15)10-20-9-8-19-11-20/h4,8-9,11,13-16H,3,5-7,10H2,1-2H3/t13-,14-,15-,16+,18+/m0/s1. The number of fused-ring (bicyclic) bond motifs is 3. The number of rotatable bonds is 2. The first kappa shape index (κ1) is 14.9. The molecule has 3 aliphatic rings. The lowest BCUT2D eigenvalue weighted by Crippen LogP contribution is -2.31. The molecule has 124 valence electrons. The molecule has 2 saturated heterocycles. The fraction of sp³-hybridized carbons (Fsp3) is 0.667. The fourth-order valence-electron chi connectivity index (χ4n) is 4.17. The van der Waals surface area contributed by atoms with E-state index >= 15 is 0 Å². The molecule has 0 N–H and O–H groups in total. The van der Waals surface area contributed by atoms with Crippen molar-refractivity contribution in [1.29, 1.82) is 0 Å². The molecule has 4 rings (SSSR count). The van der Waals surface area contributed by atoms with Crippen molar-refractivity contribution in [1.82, 2.24) is 9.55 Å². The van der Waals surface area contributed by atoms with E-state index in [9.17, 15) is 4.79 Å². The van der Waals surface area contributed by atoms with Crippen molar-refractivity contribution in [2.45, 2.75) is 63.9 Å². The number of allylic oxidation sites excluding steroid dienone is 2. The molecule has 0 bridgehead atoms. The summed E-state index contributed by atoms with van der Waals surface area (Å²) in [5.74, 6) is 0.0421. The number of nitrogens with zero attached hydrogens (tertiary/aromatic N) is 2. The average molecular weight is 316 g/mol. The molecule has 0 spiro atoms. The van der Waals surface area contributed by atoms with Crippen molar-refractivity contribution in [2.24, 2.45) is 11.8 Å². The molecule has 3 heterocycles. The number of epoxide rings is 1. The second-order valence-corrected chi connectivity index (χ2v) is 7.41. The van der Waals surface area contributed by atoms with Gasteiger partial charge >= 0.3 is 5.97 Å². The van der Waals surface area contributed by atoms with Crippen LogP contribution >= 0.6 is 0 Å². The quantitative estimate of drug-likeness (QED) is 0.478. The van der Waals surface area contributed by atoms with E-state index in [4.69, 9.17) is 9.47 Å². The molecule has 5 nitrogen and oxygen atoms in total. The number of carbonyl (C=O) groups is 1. The Morgan fingerprint density at radius 1 is 1.48 bits per heavy atom. The summed E-state index contributed by atoms with van der Waals surface area (Å²) in [6.07, 6.45) is 11.8. The second kappa shape index (κ2) is 5.48. The Morgan fingerprint density at radius 3 is 3.13 bits per heavy atom. The molecule has 0 radical (unpaired) electrons. The van der Waals surface area contributed by atoms with Crippen LogP contribution in [0.15, 0.2) is 30.4 Å². The smallest absolute Gasteiger partial charge is 0.311 e. The van der Waals surface area contributed by atoms with Crippen molar-refractivity contribution in [3.63, 3.8) is 0 Å². The highest BCUT2D eigenvalue weighted by atomic mass is 16.6. The van der Waals surface area contributed by atoms with Crippen LogP contribution in [0.25, 0.3) is 0 Å². The highest BCUT2D eigenvalue weighted by molar-refractivity contribution is 5.75. The average Bonchev–Trinajstić information content (AvgIpc) is 2.87. The van der Waals surface area contributed by atoms with E-state index in [2.05, 4.69) is 24.9 Å². The number of ether oxygens (including phenoxy) is 2. The van der Waals surface area contributed by atoms with Gasteiger partial charge < -0.3 is 14.0 Å². The number of carbonyl (C=O) groups excluding carboxylic acids is 1. The Balaban J connectivity index is 1.59. The third kappa shape index (κ3) is 2.71. The van der Waals surface area contributed by atoms with Crippen molar-refractivity contribution in [3.8, 4) is 0 Å². The van der Waals surface area contributed by atoms with Crippen LogP contribution in [0.3, 0.4) is 0 Å². The van der Waals surface area contributed by atoms with Gasteiger partial charge in [-0.05, 0) is 39.5 Å². The Hall–Kier alpha value is -1.62. The van der Waals surface area contributed by atoms with Gasteiger partial charge in [0, 0.05) is 24.9 Å². The van der Waals surface area contributed by atoms with Crippen molar-refractivity contribution in [3.05, 3.63) is 30.4 Å². The highest BCUT2D eigenvalue weighted by Gasteiger charge is 2.62. The Bertz CT molecular complexity index is 624. The lowest BCUT2D eigenvalue weighted by atomic mass is 9.80. The Kier molecular flexibility index (Phi) is 3.56. The maximum absolute atomic E-state index is 12.5. The Labute approximate surface area is 136 Å². The SMILES string of the molecule is CC1=CCC[C@@]2(C)O[C@@H]2[C@H]2OC(=O)[C@@H](Cn3ccnc3)[C@@H]2CC1. The van der Waals surface area contributed by atoms with Gasteiger partial charge in [-0.25, -0.2) is 4.98 Å². The molecule has 5 heteroatoms. The van der Waals surface area contributed by atoms with Crippen LogP contribution in [0.2, 0.25) is 0 Å². The molecule has 2 aliphatic heterocycles. The van der Waals surface area contributed by atoms with Crippen LogP contribution in [0, 0.1) is 11.8 Å². The van der Waals surface area contributed by atoms with E-state index in [1.54, 1.807) is 12.5 Å². The van der Waals surface area contributed by atoms with Gasteiger partial charge in [0.15, 0.2) is 0 Å². The summed E-state index contributed by atoms with van der Waals surface area (Å²) >= 11 is 0. The zero-order valence-corrected chi connectivity index (χ0v) is 13.8. The van der Waals surface area contributed by atoms with Crippen LogP contribution in [-0.4, -0.2) is 33.3 Å². The van der Waals surface area contributed by atoms with Crippen molar-refractivity contribution >= 4 is 5.97 Å². The van der Waals surface area contributed by atoms with Crippen molar-refractivity contribution in [2.75, 3.05) is 0 Å². The van der Waals surface area contributed by atoms with E-state index in [0.29, 0.717) is 6.54 Å². The number of hydrogen-bond donors (Lipinski definition) is 0. The van der Waals surface area contributed by atoms with Gasteiger partial charge in [-0.1, -0.05) is 11.6 Å². The summed E-state index contributed by atoms with van der Waals surface area (Å²) in [7, 11) is 0.